The van der Waals surface area contributed by atoms with Gasteiger partial charge in [0.1, 0.15) is 5.84 Å². The number of hydrogen-bond acceptors (Lipinski definition) is 3. The first-order chi connectivity index (χ1) is 11.1. The van der Waals surface area contributed by atoms with Crippen LogP contribution in [0.4, 0.5) is 5.69 Å². The van der Waals surface area contributed by atoms with Crippen molar-refractivity contribution < 1.29 is 4.79 Å². The minimum Gasteiger partial charge on any atom is -0.368 e. The molecule has 0 saturated carbocycles. The Labute approximate surface area is 160 Å². The summed E-state index contributed by atoms with van der Waals surface area (Å²) in [6.45, 7) is 3.41. The summed E-state index contributed by atoms with van der Waals surface area (Å²) in [7, 11) is 0. The van der Waals surface area contributed by atoms with Gasteiger partial charge in [-0.25, -0.2) is 0 Å². The van der Waals surface area contributed by atoms with E-state index in [0.29, 0.717) is 11.4 Å². The highest BCUT2D eigenvalue weighted by Gasteiger charge is 2.20. The molecular weight excluding hydrogens is 359 g/mol. The fourth-order valence-corrected chi connectivity index (χ4v) is 2.80. The molecule has 0 spiro atoms. The van der Waals surface area contributed by atoms with Gasteiger partial charge in [-0.05, 0) is 24.3 Å². The molecule has 0 bridgehead atoms. The number of carbonyl (C=O) groups excluding carboxylic acids is 1. The molecule has 1 fully saturated rings. The summed E-state index contributed by atoms with van der Waals surface area (Å²) >= 11 is 0. The quantitative estimate of drug-likeness (QED) is 0.634. The molecule has 2 aromatic carbocycles. The van der Waals surface area contributed by atoms with Crippen molar-refractivity contribution in [2.75, 3.05) is 31.1 Å². The Balaban J connectivity index is 0.00000156. The van der Waals surface area contributed by atoms with Gasteiger partial charge in [-0.1, -0.05) is 30.3 Å². The minimum absolute atomic E-state index is 0. The summed E-state index contributed by atoms with van der Waals surface area (Å²) < 4.78 is 0. The van der Waals surface area contributed by atoms with Crippen LogP contribution in [0.15, 0.2) is 54.6 Å². The van der Waals surface area contributed by atoms with Crippen molar-refractivity contribution in [2.45, 2.75) is 0 Å². The van der Waals surface area contributed by atoms with Crippen LogP contribution in [0.25, 0.3) is 0 Å². The lowest BCUT2D eigenvalue weighted by molar-refractivity contribution is 0.100. The number of para-hydroxylation sites is 1. The van der Waals surface area contributed by atoms with Gasteiger partial charge in [-0.15, -0.1) is 24.8 Å². The van der Waals surface area contributed by atoms with E-state index >= 15 is 0 Å². The molecule has 1 aliphatic heterocycles. The molecule has 5 nitrogen and oxygen atoms in total. The fraction of sp³-hybridized carbons (Fsp3) is 0.222. The smallest absolute Gasteiger partial charge is 0.248 e. The van der Waals surface area contributed by atoms with Gasteiger partial charge >= 0.3 is 0 Å². The van der Waals surface area contributed by atoms with Crippen molar-refractivity contribution in [3.63, 3.8) is 0 Å². The molecule has 25 heavy (non-hydrogen) atoms. The summed E-state index contributed by atoms with van der Waals surface area (Å²) in [5.74, 6) is 0.0493. The van der Waals surface area contributed by atoms with Gasteiger partial charge in [0.15, 0.2) is 0 Å². The number of anilines is 1. The van der Waals surface area contributed by atoms with Crippen LogP contribution < -0.4 is 10.6 Å². The minimum atomic E-state index is -0.445. The van der Waals surface area contributed by atoms with Crippen LogP contribution in [0.1, 0.15) is 15.9 Å². The predicted octanol–water partition coefficient (Wildman–Crippen LogP) is 2.78. The highest BCUT2D eigenvalue weighted by molar-refractivity contribution is 5.98. The zero-order valence-corrected chi connectivity index (χ0v) is 15.4. The maximum Gasteiger partial charge on any atom is 0.248 e. The largest absolute Gasteiger partial charge is 0.368 e. The third-order valence-corrected chi connectivity index (χ3v) is 4.16. The zero-order valence-electron chi connectivity index (χ0n) is 13.7. The molecule has 0 atom stereocenters. The second-order valence-electron chi connectivity index (χ2n) is 5.60. The standard InChI is InChI=1S/C18H20N4O.2ClH/c19-17(14-6-8-15(9-7-14)18(20)23)22-12-10-21(11-13-22)16-4-2-1-3-5-16;;/h1-9,19H,10-13H2,(H2,20,23);2*1H. The number of hydrogen-bond donors (Lipinski definition) is 2. The number of nitrogens with one attached hydrogen (secondary N) is 1. The van der Waals surface area contributed by atoms with E-state index in [4.69, 9.17) is 11.1 Å². The van der Waals surface area contributed by atoms with E-state index in [-0.39, 0.29) is 24.8 Å². The summed E-state index contributed by atoms with van der Waals surface area (Å²) in [5.41, 5.74) is 7.75. The maximum atomic E-state index is 11.1. The first kappa shape index (κ1) is 20.8. The van der Waals surface area contributed by atoms with Crippen LogP contribution in [0.2, 0.25) is 0 Å². The Morgan fingerprint density at radius 1 is 0.840 bits per heavy atom. The van der Waals surface area contributed by atoms with Gasteiger partial charge in [-0.2, -0.15) is 0 Å². The van der Waals surface area contributed by atoms with Crippen LogP contribution in [0.5, 0.6) is 0 Å². The molecule has 3 N–H and O–H groups in total. The topological polar surface area (TPSA) is 73.4 Å². The molecule has 1 heterocycles. The highest BCUT2D eigenvalue weighted by Crippen LogP contribution is 2.17. The lowest BCUT2D eigenvalue weighted by atomic mass is 10.1. The van der Waals surface area contributed by atoms with E-state index in [0.717, 1.165) is 31.7 Å². The molecule has 3 rings (SSSR count). The van der Waals surface area contributed by atoms with Gasteiger partial charge < -0.3 is 15.5 Å². The average molecular weight is 381 g/mol. The molecule has 1 amide bonds. The number of rotatable bonds is 3. The summed E-state index contributed by atoms with van der Waals surface area (Å²) in [4.78, 5) is 15.5. The number of benzene rings is 2. The molecule has 0 aliphatic carbocycles. The zero-order chi connectivity index (χ0) is 16.2. The van der Waals surface area contributed by atoms with E-state index in [1.54, 1.807) is 24.3 Å². The Kier molecular flexibility index (Phi) is 7.74. The van der Waals surface area contributed by atoms with Crippen LogP contribution in [-0.4, -0.2) is 42.8 Å². The monoisotopic (exact) mass is 380 g/mol. The van der Waals surface area contributed by atoms with Gasteiger partial charge in [0, 0.05) is 43.0 Å². The molecule has 0 radical (unpaired) electrons. The van der Waals surface area contributed by atoms with E-state index in [1.807, 2.05) is 18.2 Å². The Morgan fingerprint density at radius 2 is 1.36 bits per heavy atom. The number of nitrogens with two attached hydrogens (primary N) is 1. The van der Waals surface area contributed by atoms with Crippen LogP contribution in [-0.2, 0) is 0 Å². The SMILES string of the molecule is Cl.Cl.N=C(c1ccc(C(N)=O)cc1)N1CCN(c2ccccc2)CC1. The van der Waals surface area contributed by atoms with Gasteiger partial charge in [0.2, 0.25) is 5.91 Å². The third kappa shape index (κ3) is 4.87. The second-order valence-corrected chi connectivity index (χ2v) is 5.60. The highest BCUT2D eigenvalue weighted by atomic mass is 35.5. The lowest BCUT2D eigenvalue weighted by Crippen LogP contribution is -2.48. The Bertz CT molecular complexity index is 699. The van der Waals surface area contributed by atoms with Crippen molar-refractivity contribution in [3.05, 3.63) is 65.7 Å². The van der Waals surface area contributed by atoms with Crippen LogP contribution in [0.3, 0.4) is 0 Å². The fourth-order valence-electron chi connectivity index (χ4n) is 2.80. The van der Waals surface area contributed by atoms with Gasteiger partial charge in [-0.3, -0.25) is 10.2 Å². The first-order valence-corrected chi connectivity index (χ1v) is 7.69. The second kappa shape index (κ2) is 9.30. The summed E-state index contributed by atoms with van der Waals surface area (Å²) in [5, 5.41) is 8.36. The predicted molar refractivity (Wildman–Crippen MR) is 107 cm³/mol. The average Bonchev–Trinajstić information content (AvgIpc) is 2.62. The van der Waals surface area contributed by atoms with Crippen molar-refractivity contribution in [2.24, 2.45) is 5.73 Å². The molecule has 0 aromatic heterocycles. The summed E-state index contributed by atoms with van der Waals surface area (Å²) in [6, 6.07) is 17.3. The molecule has 1 saturated heterocycles. The van der Waals surface area contributed by atoms with Crippen molar-refractivity contribution in [1.82, 2.24) is 4.90 Å². The molecule has 2 aromatic rings. The number of amidine groups is 1. The molecule has 7 heteroatoms. The molecule has 0 unspecified atom stereocenters. The van der Waals surface area contributed by atoms with E-state index in [9.17, 15) is 4.79 Å². The number of carbonyl (C=O) groups is 1. The molecule has 1 aliphatic rings. The van der Waals surface area contributed by atoms with Gasteiger partial charge in [0.25, 0.3) is 0 Å². The first-order valence-electron chi connectivity index (χ1n) is 7.69. The van der Waals surface area contributed by atoms with Crippen LogP contribution >= 0.6 is 24.8 Å². The Morgan fingerprint density at radius 3 is 1.88 bits per heavy atom. The number of amides is 1. The van der Waals surface area contributed by atoms with Gasteiger partial charge in [0.05, 0.1) is 0 Å². The maximum absolute atomic E-state index is 11.1. The summed E-state index contributed by atoms with van der Waals surface area (Å²) in [6.07, 6.45) is 0. The third-order valence-electron chi connectivity index (χ3n) is 4.16. The van der Waals surface area contributed by atoms with E-state index in [2.05, 4.69) is 21.9 Å². The van der Waals surface area contributed by atoms with E-state index in [1.165, 1.54) is 5.69 Å². The number of primary amides is 1. The number of piperazine rings is 1. The number of nitrogens with zero attached hydrogens (tertiary/aromatic N) is 2. The Hall–Kier alpha value is -2.24. The van der Waals surface area contributed by atoms with Crippen molar-refractivity contribution in [1.29, 1.82) is 5.41 Å². The number of halogens is 2. The lowest BCUT2D eigenvalue weighted by Gasteiger charge is -2.37. The molecular formula is C18H22Cl2N4O. The van der Waals surface area contributed by atoms with Crippen molar-refractivity contribution in [3.8, 4) is 0 Å². The normalized spacial score (nSPS) is 13.4. The van der Waals surface area contributed by atoms with Crippen molar-refractivity contribution >= 4 is 42.2 Å². The van der Waals surface area contributed by atoms with Crippen LogP contribution in [0, 0.1) is 5.41 Å². The molecule has 134 valence electrons. The van der Waals surface area contributed by atoms with E-state index < -0.39 is 5.91 Å².